The molecule has 0 saturated carbocycles. The van der Waals surface area contributed by atoms with E-state index in [0.717, 1.165) is 11.3 Å². The molecule has 1 rings (SSSR count). The fourth-order valence-corrected chi connectivity index (χ4v) is 2.56. The van der Waals surface area contributed by atoms with E-state index in [1.807, 2.05) is 19.1 Å². The molecule has 0 aliphatic carbocycles. The predicted octanol–water partition coefficient (Wildman–Crippen LogP) is 3.63. The Morgan fingerprint density at radius 3 is 2.42 bits per heavy atom. The van der Waals surface area contributed by atoms with Crippen LogP contribution in [0.4, 0.5) is 0 Å². The smallest absolute Gasteiger partial charge is 0.232 e. The van der Waals surface area contributed by atoms with E-state index in [1.165, 1.54) is 5.56 Å². The lowest BCUT2D eigenvalue weighted by molar-refractivity contribution is 0.309. The zero-order valence-corrected chi connectivity index (χ0v) is 13.4. The second-order valence-corrected chi connectivity index (χ2v) is 8.59. The minimum atomic E-state index is -3.43. The van der Waals surface area contributed by atoms with E-state index in [-0.39, 0.29) is 11.2 Å². The van der Waals surface area contributed by atoms with Crippen LogP contribution in [0.3, 0.4) is 0 Å². The normalized spacial score (nSPS) is 12.5. The van der Waals surface area contributed by atoms with Crippen LogP contribution in [0.15, 0.2) is 18.2 Å². The van der Waals surface area contributed by atoms with Crippen LogP contribution in [0.5, 0.6) is 5.75 Å². The largest absolute Gasteiger partial charge is 0.493 e. The van der Waals surface area contributed by atoms with Crippen LogP contribution >= 0.6 is 10.7 Å². The van der Waals surface area contributed by atoms with Gasteiger partial charge in [-0.2, -0.15) is 0 Å². The molecule has 0 aromatic heterocycles. The molecule has 0 fully saturated rings. The van der Waals surface area contributed by atoms with Crippen molar-refractivity contribution in [2.75, 3.05) is 12.4 Å². The van der Waals surface area contributed by atoms with Crippen molar-refractivity contribution in [3.63, 3.8) is 0 Å². The van der Waals surface area contributed by atoms with Crippen molar-refractivity contribution >= 4 is 19.7 Å². The maximum atomic E-state index is 10.8. The molecular weight excluding hydrogens is 284 g/mol. The van der Waals surface area contributed by atoms with Gasteiger partial charge >= 0.3 is 0 Å². The highest BCUT2D eigenvalue weighted by Crippen LogP contribution is 2.32. The zero-order chi connectivity index (χ0) is 14.7. The molecule has 0 bridgehead atoms. The average Bonchev–Trinajstić information content (AvgIpc) is 2.23. The van der Waals surface area contributed by atoms with Crippen molar-refractivity contribution in [2.45, 2.75) is 39.5 Å². The van der Waals surface area contributed by atoms with Gasteiger partial charge in [0.15, 0.2) is 0 Å². The van der Waals surface area contributed by atoms with Crippen molar-refractivity contribution in [2.24, 2.45) is 0 Å². The van der Waals surface area contributed by atoms with E-state index >= 15 is 0 Å². The Bertz CT molecular complexity index is 530. The predicted molar refractivity (Wildman–Crippen MR) is 79.6 cm³/mol. The third-order valence-corrected chi connectivity index (χ3v) is 3.97. The topological polar surface area (TPSA) is 43.4 Å². The van der Waals surface area contributed by atoms with Gasteiger partial charge in [-0.25, -0.2) is 8.42 Å². The van der Waals surface area contributed by atoms with Crippen LogP contribution < -0.4 is 4.74 Å². The highest BCUT2D eigenvalue weighted by molar-refractivity contribution is 8.13. The molecule has 108 valence electrons. The summed E-state index contributed by atoms with van der Waals surface area (Å²) in [5.41, 5.74) is 2.29. The minimum absolute atomic E-state index is 0.0140. The van der Waals surface area contributed by atoms with Gasteiger partial charge in [-0.15, -0.1) is 0 Å². The van der Waals surface area contributed by atoms with Gasteiger partial charge in [0, 0.05) is 10.7 Å². The molecular formula is C14H21ClO3S. The lowest BCUT2D eigenvalue weighted by Crippen LogP contribution is -2.14. The third-order valence-electron chi connectivity index (χ3n) is 2.73. The first-order valence-electron chi connectivity index (χ1n) is 6.26. The van der Waals surface area contributed by atoms with E-state index in [2.05, 4.69) is 26.8 Å². The van der Waals surface area contributed by atoms with Crippen molar-refractivity contribution in [3.8, 4) is 5.75 Å². The molecule has 0 unspecified atom stereocenters. The van der Waals surface area contributed by atoms with E-state index < -0.39 is 9.05 Å². The zero-order valence-electron chi connectivity index (χ0n) is 11.9. The van der Waals surface area contributed by atoms with Gasteiger partial charge in [-0.1, -0.05) is 38.5 Å². The van der Waals surface area contributed by atoms with Gasteiger partial charge in [0.25, 0.3) is 0 Å². The van der Waals surface area contributed by atoms with Crippen LogP contribution in [-0.4, -0.2) is 20.8 Å². The lowest BCUT2D eigenvalue weighted by Gasteiger charge is -2.23. The van der Waals surface area contributed by atoms with Crippen molar-refractivity contribution in [3.05, 3.63) is 29.3 Å². The Kier molecular flexibility index (Phi) is 5.27. The number of rotatable bonds is 5. The van der Waals surface area contributed by atoms with Gasteiger partial charge in [-0.3, -0.25) is 0 Å². The quantitative estimate of drug-likeness (QED) is 0.616. The van der Waals surface area contributed by atoms with Crippen molar-refractivity contribution in [1.82, 2.24) is 0 Å². The maximum Gasteiger partial charge on any atom is 0.232 e. The van der Waals surface area contributed by atoms with Crippen LogP contribution in [0.1, 0.15) is 38.3 Å². The summed E-state index contributed by atoms with van der Waals surface area (Å²) in [5, 5.41) is 0. The first-order chi connectivity index (χ1) is 8.59. The van der Waals surface area contributed by atoms with Gasteiger partial charge in [0.2, 0.25) is 9.05 Å². The fourth-order valence-electron chi connectivity index (χ4n) is 1.77. The van der Waals surface area contributed by atoms with E-state index in [4.69, 9.17) is 15.4 Å². The Balaban J connectivity index is 2.73. The molecule has 0 aliphatic rings. The SMILES string of the molecule is Cc1ccc(OCCCS(=O)(=O)Cl)c(C(C)(C)C)c1. The molecule has 0 amide bonds. The molecule has 19 heavy (non-hydrogen) atoms. The summed E-state index contributed by atoms with van der Waals surface area (Å²) in [6.07, 6.45) is 0.392. The van der Waals surface area contributed by atoms with E-state index in [0.29, 0.717) is 13.0 Å². The second kappa shape index (κ2) is 6.14. The molecule has 1 aromatic rings. The van der Waals surface area contributed by atoms with Crippen LogP contribution in [0.25, 0.3) is 0 Å². The Hall–Kier alpha value is -0.740. The first kappa shape index (κ1) is 16.3. The number of halogens is 1. The van der Waals surface area contributed by atoms with Gasteiger partial charge in [0.1, 0.15) is 5.75 Å². The van der Waals surface area contributed by atoms with Crippen molar-refractivity contribution in [1.29, 1.82) is 0 Å². The summed E-state index contributed by atoms with van der Waals surface area (Å²) < 4.78 is 27.3. The Labute approximate surface area is 120 Å². The molecule has 0 spiro atoms. The third kappa shape index (κ3) is 5.83. The number of ether oxygens (including phenoxy) is 1. The van der Waals surface area contributed by atoms with Gasteiger partial charge in [0.05, 0.1) is 12.4 Å². The molecule has 0 saturated heterocycles. The fraction of sp³-hybridized carbons (Fsp3) is 0.571. The monoisotopic (exact) mass is 304 g/mol. The molecule has 3 nitrogen and oxygen atoms in total. The summed E-state index contributed by atoms with van der Waals surface area (Å²) in [6, 6.07) is 6.03. The van der Waals surface area contributed by atoms with Gasteiger partial charge in [-0.05, 0) is 30.4 Å². The highest BCUT2D eigenvalue weighted by Gasteiger charge is 2.19. The highest BCUT2D eigenvalue weighted by atomic mass is 35.7. The number of hydrogen-bond donors (Lipinski definition) is 0. The summed E-state index contributed by atoms with van der Waals surface area (Å²) in [6.45, 7) is 8.75. The standard InChI is InChI=1S/C14H21ClO3S/c1-11-6-7-13(12(10-11)14(2,3)4)18-8-5-9-19(15,16)17/h6-7,10H,5,8-9H2,1-4H3. The van der Waals surface area contributed by atoms with Crippen LogP contribution in [0.2, 0.25) is 0 Å². The number of hydrogen-bond acceptors (Lipinski definition) is 3. The lowest BCUT2D eigenvalue weighted by atomic mass is 9.85. The average molecular weight is 305 g/mol. The molecule has 0 heterocycles. The van der Waals surface area contributed by atoms with Crippen LogP contribution in [0, 0.1) is 6.92 Å². The van der Waals surface area contributed by atoms with E-state index in [9.17, 15) is 8.42 Å². The summed E-state index contributed by atoms with van der Waals surface area (Å²) in [5.74, 6) is 0.746. The molecule has 0 N–H and O–H groups in total. The molecule has 1 aromatic carbocycles. The Morgan fingerprint density at radius 1 is 1.26 bits per heavy atom. The molecule has 0 aliphatic heterocycles. The van der Waals surface area contributed by atoms with E-state index in [1.54, 1.807) is 0 Å². The summed E-state index contributed by atoms with van der Waals surface area (Å²) >= 11 is 0. The molecule has 5 heteroatoms. The maximum absolute atomic E-state index is 10.8. The summed E-state index contributed by atoms with van der Waals surface area (Å²) in [7, 11) is 1.72. The number of benzene rings is 1. The molecule has 0 radical (unpaired) electrons. The van der Waals surface area contributed by atoms with Crippen molar-refractivity contribution < 1.29 is 13.2 Å². The summed E-state index contributed by atoms with van der Waals surface area (Å²) in [4.78, 5) is 0. The first-order valence-corrected chi connectivity index (χ1v) is 8.74. The van der Waals surface area contributed by atoms with Crippen LogP contribution in [-0.2, 0) is 14.5 Å². The minimum Gasteiger partial charge on any atom is -0.493 e. The molecule has 0 atom stereocenters. The van der Waals surface area contributed by atoms with Gasteiger partial charge < -0.3 is 4.74 Å². The number of aryl methyl sites for hydroxylation is 1. The second-order valence-electron chi connectivity index (χ2n) is 5.69. The Morgan fingerprint density at radius 2 is 1.89 bits per heavy atom.